The normalized spacial score (nSPS) is 15.1. The van der Waals surface area contributed by atoms with E-state index in [4.69, 9.17) is 4.74 Å². The minimum atomic E-state index is -4.64. The van der Waals surface area contributed by atoms with Gasteiger partial charge in [-0.1, -0.05) is 0 Å². The molecule has 0 atom stereocenters. The molecule has 3 rings (SSSR count). The number of hydrogen-bond acceptors (Lipinski definition) is 8. The van der Waals surface area contributed by atoms with Crippen LogP contribution in [0.3, 0.4) is 0 Å². The Morgan fingerprint density at radius 2 is 2.09 bits per heavy atom. The largest absolute Gasteiger partial charge is 0.421 e. The van der Waals surface area contributed by atoms with Crippen LogP contribution >= 0.6 is 0 Å². The lowest BCUT2D eigenvalue weighted by atomic mass is 10.1. The molecule has 3 heterocycles. The van der Waals surface area contributed by atoms with Crippen LogP contribution in [0.15, 0.2) is 12.4 Å². The van der Waals surface area contributed by atoms with Gasteiger partial charge in [0.05, 0.1) is 23.6 Å². The standard InChI is InChI=1S/C21H27F3N8O2/c1-14-16(11-32(30-14)20(2,3)13-25)28-19-27-10-15(21(22,23)24)18(29-19)26-6-4-7-31-8-5-9-34-12-17(31)33/h10-11H,4-9,12H2,1-3H3,(H2,26,27,28,29). The van der Waals surface area contributed by atoms with E-state index in [0.717, 1.165) is 6.42 Å². The Morgan fingerprint density at radius 3 is 2.79 bits per heavy atom. The Labute approximate surface area is 195 Å². The van der Waals surface area contributed by atoms with Crippen LogP contribution in [0.1, 0.15) is 37.9 Å². The van der Waals surface area contributed by atoms with Crippen LogP contribution in [0.2, 0.25) is 0 Å². The van der Waals surface area contributed by atoms with Gasteiger partial charge in [0, 0.05) is 32.4 Å². The van der Waals surface area contributed by atoms with E-state index < -0.39 is 17.3 Å². The number of carbonyl (C=O) groups is 1. The van der Waals surface area contributed by atoms with Gasteiger partial charge in [-0.15, -0.1) is 0 Å². The first-order chi connectivity index (χ1) is 16.0. The SMILES string of the molecule is Cc1nn(C(C)(C)C#N)cc1Nc1ncc(C(F)(F)F)c(NCCCN2CCCOCC2=O)n1. The molecule has 2 aromatic rings. The lowest BCUT2D eigenvalue weighted by Gasteiger charge is -2.20. The van der Waals surface area contributed by atoms with E-state index >= 15 is 0 Å². The summed E-state index contributed by atoms with van der Waals surface area (Å²) in [4.78, 5) is 21.4. The van der Waals surface area contributed by atoms with Crippen molar-refractivity contribution in [2.24, 2.45) is 0 Å². The molecule has 0 spiro atoms. The molecule has 0 aliphatic carbocycles. The molecule has 2 aromatic heterocycles. The van der Waals surface area contributed by atoms with Gasteiger partial charge in [0.2, 0.25) is 11.9 Å². The zero-order valence-electron chi connectivity index (χ0n) is 19.2. The van der Waals surface area contributed by atoms with Crippen LogP contribution in [0.4, 0.5) is 30.6 Å². The zero-order valence-corrected chi connectivity index (χ0v) is 19.2. The number of alkyl halides is 3. The zero-order chi connectivity index (χ0) is 24.9. The lowest BCUT2D eigenvalue weighted by Crippen LogP contribution is -2.34. The molecule has 1 amide bonds. The summed E-state index contributed by atoms with van der Waals surface area (Å²) in [5.41, 5.74) is -0.891. The van der Waals surface area contributed by atoms with Crippen molar-refractivity contribution in [3.8, 4) is 6.07 Å². The number of ether oxygens (including phenoxy) is 1. The van der Waals surface area contributed by atoms with Gasteiger partial charge in [-0.25, -0.2) is 4.98 Å². The van der Waals surface area contributed by atoms with Crippen molar-refractivity contribution in [2.75, 3.05) is 43.5 Å². The summed E-state index contributed by atoms with van der Waals surface area (Å²) < 4.78 is 47.1. The third kappa shape index (κ3) is 6.13. The highest BCUT2D eigenvalue weighted by Gasteiger charge is 2.35. The summed E-state index contributed by atoms with van der Waals surface area (Å²) in [6.07, 6.45) is -1.19. The van der Waals surface area contributed by atoms with Crippen LogP contribution in [-0.2, 0) is 21.2 Å². The second-order valence-electron chi connectivity index (χ2n) is 8.39. The molecule has 0 aromatic carbocycles. The molecule has 2 N–H and O–H groups in total. The van der Waals surface area contributed by atoms with Crippen molar-refractivity contribution in [3.63, 3.8) is 0 Å². The third-order valence-electron chi connectivity index (χ3n) is 5.28. The third-order valence-corrected chi connectivity index (χ3v) is 5.28. The van der Waals surface area contributed by atoms with Gasteiger partial charge >= 0.3 is 6.18 Å². The number of amides is 1. The summed E-state index contributed by atoms with van der Waals surface area (Å²) in [6.45, 7) is 6.75. The second kappa shape index (κ2) is 10.3. The predicted octanol–water partition coefficient (Wildman–Crippen LogP) is 3.05. The fraction of sp³-hybridized carbons (Fsp3) is 0.571. The summed E-state index contributed by atoms with van der Waals surface area (Å²) in [5, 5.41) is 19.2. The number of halogens is 3. The van der Waals surface area contributed by atoms with Gasteiger partial charge < -0.3 is 20.3 Å². The average molecular weight is 480 g/mol. The van der Waals surface area contributed by atoms with Gasteiger partial charge in [-0.2, -0.15) is 28.5 Å². The van der Waals surface area contributed by atoms with E-state index in [1.54, 1.807) is 31.9 Å². The van der Waals surface area contributed by atoms with Crippen molar-refractivity contribution in [1.82, 2.24) is 24.6 Å². The Kier molecular flexibility index (Phi) is 7.61. The van der Waals surface area contributed by atoms with E-state index in [0.29, 0.717) is 43.7 Å². The first-order valence-electron chi connectivity index (χ1n) is 10.8. The molecule has 0 bridgehead atoms. The fourth-order valence-electron chi connectivity index (χ4n) is 3.27. The van der Waals surface area contributed by atoms with Gasteiger partial charge in [0.15, 0.2) is 0 Å². The molecular formula is C21H27F3N8O2. The predicted molar refractivity (Wildman–Crippen MR) is 117 cm³/mol. The van der Waals surface area contributed by atoms with Crippen LogP contribution in [0.5, 0.6) is 0 Å². The molecule has 0 unspecified atom stereocenters. The number of aryl methyl sites for hydroxylation is 1. The van der Waals surface area contributed by atoms with E-state index in [1.807, 2.05) is 0 Å². The molecule has 34 heavy (non-hydrogen) atoms. The Balaban J connectivity index is 1.71. The minimum Gasteiger partial charge on any atom is -0.372 e. The Bertz CT molecular complexity index is 1060. The van der Waals surface area contributed by atoms with Crippen LogP contribution in [0, 0.1) is 18.3 Å². The van der Waals surface area contributed by atoms with Crippen LogP contribution in [0.25, 0.3) is 0 Å². The maximum Gasteiger partial charge on any atom is 0.421 e. The highest BCUT2D eigenvalue weighted by Crippen LogP contribution is 2.34. The van der Waals surface area contributed by atoms with Crippen molar-refractivity contribution in [1.29, 1.82) is 5.26 Å². The lowest BCUT2D eigenvalue weighted by molar-refractivity contribution is -0.137. The molecule has 0 saturated carbocycles. The summed E-state index contributed by atoms with van der Waals surface area (Å²) in [7, 11) is 0. The van der Waals surface area contributed by atoms with Gasteiger partial charge in [-0.3, -0.25) is 9.48 Å². The van der Waals surface area contributed by atoms with E-state index in [1.165, 1.54) is 4.68 Å². The number of nitrogens with one attached hydrogen (secondary N) is 2. The minimum absolute atomic E-state index is 0.0220. The molecule has 1 saturated heterocycles. The topological polar surface area (TPSA) is 121 Å². The Hall–Kier alpha value is -3.40. The summed E-state index contributed by atoms with van der Waals surface area (Å²) in [6, 6.07) is 2.13. The number of anilines is 3. The quantitative estimate of drug-likeness (QED) is 0.553. The van der Waals surface area contributed by atoms with Gasteiger partial charge in [0.1, 0.15) is 23.5 Å². The van der Waals surface area contributed by atoms with Crippen molar-refractivity contribution in [2.45, 2.75) is 45.3 Å². The van der Waals surface area contributed by atoms with E-state index in [9.17, 15) is 23.2 Å². The highest BCUT2D eigenvalue weighted by molar-refractivity contribution is 5.77. The molecule has 184 valence electrons. The van der Waals surface area contributed by atoms with E-state index in [-0.39, 0.29) is 30.8 Å². The fourth-order valence-corrected chi connectivity index (χ4v) is 3.27. The number of aromatic nitrogens is 4. The molecule has 1 aliphatic heterocycles. The molecule has 0 radical (unpaired) electrons. The molecule has 13 heteroatoms. The van der Waals surface area contributed by atoms with Gasteiger partial charge in [0.25, 0.3) is 0 Å². The number of nitrogens with zero attached hydrogens (tertiary/aromatic N) is 6. The molecule has 1 aliphatic rings. The molecule has 1 fully saturated rings. The van der Waals surface area contributed by atoms with Crippen molar-refractivity contribution in [3.05, 3.63) is 23.7 Å². The molecule has 10 nitrogen and oxygen atoms in total. The summed E-state index contributed by atoms with van der Waals surface area (Å²) >= 11 is 0. The second-order valence-corrected chi connectivity index (χ2v) is 8.39. The number of hydrogen-bond donors (Lipinski definition) is 2. The maximum atomic E-state index is 13.5. The Morgan fingerprint density at radius 1 is 1.32 bits per heavy atom. The number of rotatable bonds is 8. The van der Waals surface area contributed by atoms with Crippen molar-refractivity contribution < 1.29 is 22.7 Å². The highest BCUT2D eigenvalue weighted by atomic mass is 19.4. The smallest absolute Gasteiger partial charge is 0.372 e. The number of nitriles is 1. The molecular weight excluding hydrogens is 453 g/mol. The average Bonchev–Trinajstić information content (AvgIpc) is 3.02. The number of carbonyl (C=O) groups excluding carboxylic acids is 1. The maximum absolute atomic E-state index is 13.5. The van der Waals surface area contributed by atoms with Gasteiger partial charge in [-0.05, 0) is 33.6 Å². The summed E-state index contributed by atoms with van der Waals surface area (Å²) in [5.74, 6) is -0.539. The first kappa shape index (κ1) is 25.2. The monoisotopic (exact) mass is 480 g/mol. The van der Waals surface area contributed by atoms with E-state index in [2.05, 4.69) is 31.8 Å². The van der Waals surface area contributed by atoms with Crippen LogP contribution < -0.4 is 10.6 Å². The van der Waals surface area contributed by atoms with Crippen molar-refractivity contribution >= 4 is 23.4 Å². The first-order valence-corrected chi connectivity index (χ1v) is 10.8. The van der Waals surface area contributed by atoms with Crippen LogP contribution in [-0.4, -0.2) is 63.4 Å².